The minimum Gasteiger partial charge on any atom is -0.390 e. The highest BCUT2D eigenvalue weighted by Gasteiger charge is 2.30. The van der Waals surface area contributed by atoms with E-state index in [9.17, 15) is 23.7 Å². The zero-order chi connectivity index (χ0) is 31.1. The Morgan fingerprint density at radius 2 is 1.59 bits per heavy atom. The zero-order valence-electron chi connectivity index (χ0n) is 24.3. The Labute approximate surface area is 258 Å². The van der Waals surface area contributed by atoms with Crippen LogP contribution in [0, 0.1) is 0 Å². The topological polar surface area (TPSA) is 142 Å². The summed E-state index contributed by atoms with van der Waals surface area (Å²) in [4.78, 5) is 42.3. The van der Waals surface area contributed by atoms with Gasteiger partial charge in [-0.05, 0) is 53.4 Å². The highest BCUT2D eigenvalue weighted by molar-refractivity contribution is 7.85. The van der Waals surface area contributed by atoms with Crippen molar-refractivity contribution < 1.29 is 23.7 Å². The lowest BCUT2D eigenvalue weighted by Crippen LogP contribution is -2.50. The lowest BCUT2D eigenvalue weighted by Gasteiger charge is -2.23. The van der Waals surface area contributed by atoms with E-state index in [1.807, 2.05) is 48.5 Å². The number of aliphatic hydroxyl groups excluding tert-OH is 1. The molecular formula is C34H36N4O5S. The second-order valence-corrected chi connectivity index (χ2v) is 12.2. The van der Waals surface area contributed by atoms with Gasteiger partial charge in [-0.15, -0.1) is 0 Å². The minimum atomic E-state index is -1.49. The first-order valence-electron chi connectivity index (χ1n) is 14.7. The predicted molar refractivity (Wildman–Crippen MR) is 171 cm³/mol. The van der Waals surface area contributed by atoms with Gasteiger partial charge < -0.3 is 26.4 Å². The highest BCUT2D eigenvalue weighted by Crippen LogP contribution is 2.34. The monoisotopic (exact) mass is 612 g/mol. The number of rotatable bonds is 12. The molecule has 4 aromatic rings. The number of carbonyl (C=O) groups excluding carboxylic acids is 3. The van der Waals surface area contributed by atoms with Crippen molar-refractivity contribution in [3.8, 4) is 0 Å². The van der Waals surface area contributed by atoms with Crippen LogP contribution in [0.1, 0.15) is 35.2 Å². The van der Waals surface area contributed by atoms with E-state index in [-0.39, 0.29) is 37.7 Å². The molecule has 1 aliphatic heterocycles. The first-order valence-corrected chi connectivity index (χ1v) is 15.8. The third kappa shape index (κ3) is 7.21. The molecule has 2 unspecified atom stereocenters. The number of amides is 3. The van der Waals surface area contributed by atoms with Crippen molar-refractivity contribution in [3.05, 3.63) is 102 Å². The predicted octanol–water partition coefficient (Wildman–Crippen LogP) is 3.30. The summed E-state index contributed by atoms with van der Waals surface area (Å²) in [5.41, 5.74) is 7.37. The summed E-state index contributed by atoms with van der Waals surface area (Å²) in [6.07, 6.45) is 0.536. The summed E-state index contributed by atoms with van der Waals surface area (Å²) >= 11 is 0. The zero-order valence-corrected chi connectivity index (χ0v) is 25.1. The Bertz CT molecular complexity index is 1690. The molecule has 4 aromatic carbocycles. The minimum absolute atomic E-state index is 0.00741. The van der Waals surface area contributed by atoms with Crippen molar-refractivity contribution in [2.75, 3.05) is 24.5 Å². The Balaban J connectivity index is 1.23. The lowest BCUT2D eigenvalue weighted by molar-refractivity contribution is -0.129. The number of unbranched alkanes of at least 4 members (excludes halogenated alkanes) is 1. The molecule has 0 aromatic heterocycles. The van der Waals surface area contributed by atoms with Crippen LogP contribution >= 0.6 is 0 Å². The Kier molecular flexibility index (Phi) is 10.2. The van der Waals surface area contributed by atoms with E-state index in [0.717, 1.165) is 16.3 Å². The third-order valence-electron chi connectivity index (χ3n) is 7.64. The average Bonchev–Trinajstić information content (AvgIpc) is 3.14. The summed E-state index contributed by atoms with van der Waals surface area (Å²) in [7, 11) is -1.49. The van der Waals surface area contributed by atoms with Crippen LogP contribution in [0.4, 0.5) is 5.69 Å². The number of benzene rings is 4. The van der Waals surface area contributed by atoms with Crippen molar-refractivity contribution in [1.82, 2.24) is 10.6 Å². The molecule has 0 aliphatic carbocycles. The van der Waals surface area contributed by atoms with Gasteiger partial charge in [0.2, 0.25) is 11.8 Å². The maximum Gasteiger partial charge on any atom is 0.259 e. The summed E-state index contributed by atoms with van der Waals surface area (Å²) in [6.45, 7) is 0.332. The standard InChI is InChI=1S/C34H36N4O5S/c35-21-26(39)22-36-33(41)28(20-23-16-17-24-9-1-2-10-25(24)19-23)37-32(40)15-7-8-18-38-29-12-4-6-14-31(29)44(43)30-13-5-3-11-27(30)34(38)42/h1-6,9-14,16-17,19,26,28,39H,7-8,15,18,20-22,35H2,(H,36,41)(H,37,40)/t26?,28-,44?/m1/s1. The van der Waals surface area contributed by atoms with Gasteiger partial charge in [0.05, 0.1) is 37.9 Å². The molecule has 0 saturated heterocycles. The van der Waals surface area contributed by atoms with E-state index in [0.29, 0.717) is 40.4 Å². The molecule has 0 spiro atoms. The number of carbonyl (C=O) groups is 3. The molecule has 5 rings (SSSR count). The molecule has 1 heterocycles. The SMILES string of the molecule is NCC(O)CNC(=O)[C@@H](Cc1ccc2ccccc2c1)NC(=O)CCCCN1C(=O)c2ccccc2S(=O)c2ccccc21. The Morgan fingerprint density at radius 3 is 2.39 bits per heavy atom. The van der Waals surface area contributed by atoms with Crippen LogP contribution in [0.5, 0.6) is 0 Å². The molecule has 44 heavy (non-hydrogen) atoms. The summed E-state index contributed by atoms with van der Waals surface area (Å²) in [6, 6.07) is 27.1. The molecule has 5 N–H and O–H groups in total. The fourth-order valence-corrected chi connectivity index (χ4v) is 6.66. The van der Waals surface area contributed by atoms with Gasteiger partial charge in [0.25, 0.3) is 5.91 Å². The molecule has 0 saturated carbocycles. The van der Waals surface area contributed by atoms with E-state index in [2.05, 4.69) is 10.6 Å². The number of hydrogen-bond acceptors (Lipinski definition) is 6. The van der Waals surface area contributed by atoms with Crippen LogP contribution < -0.4 is 21.3 Å². The van der Waals surface area contributed by atoms with Crippen LogP contribution in [-0.4, -0.2) is 58.8 Å². The number of anilines is 1. The second kappa shape index (κ2) is 14.4. The number of nitrogens with two attached hydrogens (primary N) is 1. The molecule has 10 heteroatoms. The van der Waals surface area contributed by atoms with E-state index in [4.69, 9.17) is 5.73 Å². The quantitative estimate of drug-likeness (QED) is 0.181. The number of para-hydroxylation sites is 1. The summed E-state index contributed by atoms with van der Waals surface area (Å²) < 4.78 is 13.3. The van der Waals surface area contributed by atoms with Gasteiger partial charge in [0.15, 0.2) is 0 Å². The van der Waals surface area contributed by atoms with E-state index >= 15 is 0 Å². The molecule has 3 atom stereocenters. The molecule has 0 fully saturated rings. The van der Waals surface area contributed by atoms with Gasteiger partial charge >= 0.3 is 0 Å². The first-order chi connectivity index (χ1) is 21.4. The van der Waals surface area contributed by atoms with Gasteiger partial charge in [-0.3, -0.25) is 14.4 Å². The molecule has 0 radical (unpaired) electrons. The number of fused-ring (bicyclic) bond motifs is 3. The normalized spacial score (nSPS) is 15.5. The third-order valence-corrected chi connectivity index (χ3v) is 9.14. The molecule has 9 nitrogen and oxygen atoms in total. The summed E-state index contributed by atoms with van der Waals surface area (Å²) in [5, 5.41) is 17.5. The van der Waals surface area contributed by atoms with Gasteiger partial charge in [0, 0.05) is 32.5 Å². The Hall–Kier alpha value is -4.38. The van der Waals surface area contributed by atoms with E-state index in [1.165, 1.54) is 0 Å². The number of nitrogens with one attached hydrogen (secondary N) is 2. The van der Waals surface area contributed by atoms with Crippen LogP contribution in [-0.2, 0) is 26.8 Å². The van der Waals surface area contributed by atoms with Gasteiger partial charge in [-0.25, -0.2) is 4.21 Å². The average molecular weight is 613 g/mol. The smallest absolute Gasteiger partial charge is 0.259 e. The fraction of sp³-hybridized carbons (Fsp3) is 0.265. The maximum absolute atomic E-state index is 13.5. The summed E-state index contributed by atoms with van der Waals surface area (Å²) in [5.74, 6) is -0.924. The van der Waals surface area contributed by atoms with E-state index < -0.39 is 28.9 Å². The molecule has 3 amide bonds. The largest absolute Gasteiger partial charge is 0.390 e. The van der Waals surface area contributed by atoms with Gasteiger partial charge in [-0.2, -0.15) is 0 Å². The maximum atomic E-state index is 13.5. The van der Waals surface area contributed by atoms with Crippen molar-refractivity contribution in [2.45, 2.75) is 47.6 Å². The first kappa shape index (κ1) is 31.1. The van der Waals surface area contributed by atoms with Crippen LogP contribution in [0.2, 0.25) is 0 Å². The van der Waals surface area contributed by atoms with Crippen LogP contribution in [0.25, 0.3) is 10.8 Å². The molecule has 1 aliphatic rings. The van der Waals surface area contributed by atoms with Crippen LogP contribution in [0.15, 0.2) is 101 Å². The highest BCUT2D eigenvalue weighted by atomic mass is 32.2. The number of aliphatic hydroxyl groups is 1. The molecule has 0 bridgehead atoms. The molecule has 228 valence electrons. The van der Waals surface area contributed by atoms with Crippen molar-refractivity contribution in [3.63, 3.8) is 0 Å². The van der Waals surface area contributed by atoms with E-state index in [1.54, 1.807) is 47.4 Å². The Morgan fingerprint density at radius 1 is 0.886 bits per heavy atom. The van der Waals surface area contributed by atoms with Crippen molar-refractivity contribution >= 4 is 45.0 Å². The van der Waals surface area contributed by atoms with Gasteiger partial charge in [-0.1, -0.05) is 66.7 Å². The number of hydrogen-bond donors (Lipinski definition) is 4. The van der Waals surface area contributed by atoms with Crippen LogP contribution in [0.3, 0.4) is 0 Å². The van der Waals surface area contributed by atoms with Crippen molar-refractivity contribution in [1.29, 1.82) is 0 Å². The second-order valence-electron chi connectivity index (χ2n) is 10.8. The number of nitrogens with zero attached hydrogens (tertiary/aromatic N) is 1. The lowest BCUT2D eigenvalue weighted by atomic mass is 10.0. The fourth-order valence-electron chi connectivity index (χ4n) is 5.29. The van der Waals surface area contributed by atoms with Gasteiger partial charge in [0.1, 0.15) is 6.04 Å². The molecular weight excluding hydrogens is 576 g/mol. The van der Waals surface area contributed by atoms with Crippen molar-refractivity contribution in [2.24, 2.45) is 5.73 Å².